The normalized spacial score (nSPS) is 10.9. The summed E-state index contributed by atoms with van der Waals surface area (Å²) in [4.78, 5) is 34.6. The van der Waals surface area contributed by atoms with Crippen LogP contribution in [-0.2, 0) is 0 Å². The van der Waals surface area contributed by atoms with Gasteiger partial charge in [0.15, 0.2) is 5.82 Å². The summed E-state index contributed by atoms with van der Waals surface area (Å²) >= 11 is 1.63. The molecule has 17 heteroatoms. The van der Waals surface area contributed by atoms with Crippen LogP contribution in [0.3, 0.4) is 0 Å². The second-order valence-electron chi connectivity index (χ2n) is 14.7. The number of nitrogens with zero attached hydrogens (tertiary/aromatic N) is 10. The van der Waals surface area contributed by atoms with Crippen molar-refractivity contribution in [3.8, 4) is 39.4 Å². The van der Waals surface area contributed by atoms with Crippen LogP contribution >= 0.6 is 11.3 Å². The Morgan fingerprint density at radius 2 is 1.30 bits per heavy atom. The van der Waals surface area contributed by atoms with Gasteiger partial charge in [0, 0.05) is 40.6 Å². The van der Waals surface area contributed by atoms with E-state index in [4.69, 9.17) is 31.8 Å². The zero-order chi connectivity index (χ0) is 43.3. The molecule has 0 radical (unpaired) electrons. The zero-order valence-electron chi connectivity index (χ0n) is 35.1. The van der Waals surface area contributed by atoms with Crippen LogP contribution in [-0.4, -0.2) is 49.7 Å². The van der Waals surface area contributed by atoms with Crippen molar-refractivity contribution in [3.63, 3.8) is 0 Å². The lowest BCUT2D eigenvalue weighted by Crippen LogP contribution is -2.01. The molecule has 8 heterocycles. The molecule has 0 aliphatic rings. The molecule has 0 atom stereocenters. The van der Waals surface area contributed by atoms with Crippen molar-refractivity contribution < 1.29 is 8.83 Å². The van der Waals surface area contributed by atoms with Crippen molar-refractivity contribution in [3.05, 3.63) is 120 Å². The molecule has 8 rings (SSSR count). The highest BCUT2D eigenvalue weighted by Gasteiger charge is 2.12. The lowest BCUT2D eigenvalue weighted by atomic mass is 10.1. The van der Waals surface area contributed by atoms with Crippen LogP contribution in [0, 0.1) is 0 Å². The largest absolute Gasteiger partial charge is 0.440 e. The highest BCUT2D eigenvalue weighted by atomic mass is 32.1. The van der Waals surface area contributed by atoms with Gasteiger partial charge in [0.25, 0.3) is 6.01 Å². The molecular weight excluding hydrogens is 777 g/mol. The third-order valence-electron chi connectivity index (χ3n) is 8.43. The molecule has 0 unspecified atom stereocenters. The van der Waals surface area contributed by atoms with E-state index in [2.05, 4.69) is 100 Å². The van der Waals surface area contributed by atoms with E-state index in [0.717, 1.165) is 44.9 Å². The van der Waals surface area contributed by atoms with Crippen LogP contribution in [0.5, 0.6) is 0 Å². The number of rotatable bonds is 8. The molecule has 8 aromatic rings. The van der Waals surface area contributed by atoms with E-state index < -0.39 is 0 Å². The number of nitrogens with two attached hydrogens (primary N) is 4. The molecule has 0 amide bonds. The molecule has 16 nitrogen and oxygen atoms in total. The van der Waals surface area contributed by atoms with Crippen LogP contribution in [0.2, 0.25) is 0 Å². The number of anilines is 4. The third-order valence-corrected chi connectivity index (χ3v) is 9.76. The molecule has 8 N–H and O–H groups in total. The van der Waals surface area contributed by atoms with Crippen LogP contribution < -0.4 is 22.9 Å². The molecule has 0 saturated carbocycles. The van der Waals surface area contributed by atoms with E-state index in [0.29, 0.717) is 52.7 Å². The summed E-state index contributed by atoms with van der Waals surface area (Å²) in [6.07, 6.45) is 12.0. The standard InChI is InChI=1S/C11H14N4.2C11H13N3O.C10H12N4S/c1-8(2)9-6-7-15(14-9)11-5-3-4-10(12)13-11;1-7(2)9-4-3-8(5-13-9)10-6-15-11(12)14-10;1-7(2)9-6-13-11(15-9)8-4-3-5-10(12)14-8;1-6(2)8-4-13-10(15-8)7-3-12-5-9(11)14-7/h3-8H,1-2H3,(H2,12,13);2*3-7H,1-2H3,(H2,12,14);3-6H,1-2H3,(H2,11,14). The minimum atomic E-state index is 0.179. The average Bonchev–Trinajstić information content (AvgIpc) is 4.06. The van der Waals surface area contributed by atoms with Crippen LogP contribution in [0.15, 0.2) is 107 Å². The number of nitrogen functional groups attached to an aromatic ring is 4. The minimum Gasteiger partial charge on any atom is -0.440 e. The van der Waals surface area contributed by atoms with Gasteiger partial charge < -0.3 is 31.8 Å². The van der Waals surface area contributed by atoms with Gasteiger partial charge in [0.05, 0.1) is 24.3 Å². The Hall–Kier alpha value is -7.01. The van der Waals surface area contributed by atoms with Gasteiger partial charge in [0.2, 0.25) is 5.89 Å². The second kappa shape index (κ2) is 20.6. The van der Waals surface area contributed by atoms with E-state index in [9.17, 15) is 0 Å². The minimum absolute atomic E-state index is 0.179. The summed E-state index contributed by atoms with van der Waals surface area (Å²) in [7, 11) is 0. The Labute approximate surface area is 353 Å². The lowest BCUT2D eigenvalue weighted by molar-refractivity contribution is 0.493. The summed E-state index contributed by atoms with van der Waals surface area (Å²) < 4.78 is 12.2. The van der Waals surface area contributed by atoms with Gasteiger partial charge in [-0.05, 0) is 60.2 Å². The van der Waals surface area contributed by atoms with Gasteiger partial charge in [-0.3, -0.25) is 9.97 Å². The first-order chi connectivity index (χ1) is 28.7. The Kier molecular flexibility index (Phi) is 15.1. The van der Waals surface area contributed by atoms with Crippen LogP contribution in [0.25, 0.3) is 39.4 Å². The van der Waals surface area contributed by atoms with Gasteiger partial charge in [0.1, 0.15) is 51.6 Å². The number of aromatic nitrogens is 10. The summed E-state index contributed by atoms with van der Waals surface area (Å²) in [6.45, 7) is 16.8. The van der Waals surface area contributed by atoms with Crippen molar-refractivity contribution in [2.24, 2.45) is 0 Å². The molecule has 0 spiro atoms. The topological polar surface area (TPSA) is 251 Å². The zero-order valence-corrected chi connectivity index (χ0v) is 35.9. The number of hydrogen-bond donors (Lipinski definition) is 4. The van der Waals surface area contributed by atoms with Gasteiger partial charge in [-0.25, -0.2) is 29.6 Å². The SMILES string of the molecule is CC(C)c1ccc(-c2coc(N)n2)cn1.CC(C)c1ccn(-c2cccc(N)n2)n1.CC(C)c1cnc(-c2cccc(N)n2)o1.CC(C)c1cnc(-c2cncc(N)n2)s1. The number of thiazole rings is 1. The van der Waals surface area contributed by atoms with Crippen LogP contribution in [0.1, 0.15) is 101 Å². The Morgan fingerprint density at radius 1 is 0.583 bits per heavy atom. The van der Waals surface area contributed by atoms with E-state index in [1.807, 2.05) is 54.9 Å². The summed E-state index contributed by atoms with van der Waals surface area (Å²) in [5.74, 6) is 5.20. The van der Waals surface area contributed by atoms with E-state index in [-0.39, 0.29) is 6.01 Å². The quantitative estimate of drug-likeness (QED) is 0.111. The molecule has 0 aromatic carbocycles. The monoisotopic (exact) mass is 828 g/mol. The predicted octanol–water partition coefficient (Wildman–Crippen LogP) is 9.16. The summed E-state index contributed by atoms with van der Waals surface area (Å²) in [6, 6.07) is 17.0. The Balaban J connectivity index is 0.000000152. The average molecular weight is 829 g/mol. The maximum atomic E-state index is 5.61. The lowest BCUT2D eigenvalue weighted by Gasteiger charge is -2.03. The van der Waals surface area contributed by atoms with Gasteiger partial charge in [-0.1, -0.05) is 67.5 Å². The molecule has 312 valence electrons. The predicted molar refractivity (Wildman–Crippen MR) is 238 cm³/mol. The van der Waals surface area contributed by atoms with Gasteiger partial charge in [-0.2, -0.15) is 10.1 Å². The smallest absolute Gasteiger partial charge is 0.292 e. The van der Waals surface area contributed by atoms with Gasteiger partial charge >= 0.3 is 0 Å². The summed E-state index contributed by atoms with van der Waals surface area (Å²) in [5, 5.41) is 5.29. The van der Waals surface area contributed by atoms with E-state index >= 15 is 0 Å². The molecule has 8 aromatic heterocycles. The van der Waals surface area contributed by atoms with E-state index in [1.54, 1.807) is 46.7 Å². The van der Waals surface area contributed by atoms with Crippen molar-refractivity contribution >= 4 is 34.8 Å². The molecule has 60 heavy (non-hydrogen) atoms. The molecule has 0 aliphatic heterocycles. The maximum Gasteiger partial charge on any atom is 0.292 e. The molecular formula is C43H52N14O2S. The summed E-state index contributed by atoms with van der Waals surface area (Å²) in [5.41, 5.74) is 27.3. The van der Waals surface area contributed by atoms with Crippen molar-refractivity contribution in [1.29, 1.82) is 0 Å². The fourth-order valence-electron chi connectivity index (χ4n) is 5.06. The van der Waals surface area contributed by atoms with Crippen molar-refractivity contribution in [2.45, 2.75) is 79.1 Å². The number of hydrogen-bond acceptors (Lipinski definition) is 16. The Morgan fingerprint density at radius 3 is 1.85 bits per heavy atom. The molecule has 0 saturated heterocycles. The maximum absolute atomic E-state index is 5.61. The van der Waals surface area contributed by atoms with Crippen molar-refractivity contribution in [1.82, 2.24) is 49.7 Å². The van der Waals surface area contributed by atoms with E-state index in [1.165, 1.54) is 17.3 Å². The molecule has 0 fully saturated rings. The highest BCUT2D eigenvalue weighted by molar-refractivity contribution is 7.15. The fraction of sp³-hybridized carbons (Fsp3) is 0.279. The number of oxazole rings is 2. The first-order valence-corrected chi connectivity index (χ1v) is 20.2. The van der Waals surface area contributed by atoms with Gasteiger partial charge in [-0.15, -0.1) is 11.3 Å². The fourth-order valence-corrected chi connectivity index (χ4v) is 5.93. The van der Waals surface area contributed by atoms with Crippen molar-refractivity contribution in [2.75, 3.05) is 22.9 Å². The molecule has 0 aliphatic carbocycles. The second-order valence-corrected chi connectivity index (χ2v) is 15.7. The third kappa shape index (κ3) is 12.5. The first-order valence-electron chi connectivity index (χ1n) is 19.3. The molecule has 0 bridgehead atoms. The van der Waals surface area contributed by atoms with Crippen LogP contribution in [0.4, 0.5) is 23.5 Å². The first kappa shape index (κ1) is 44.1. The number of pyridine rings is 3. The Bertz CT molecular complexity index is 2330. The highest BCUT2D eigenvalue weighted by Crippen LogP contribution is 2.28.